The van der Waals surface area contributed by atoms with Crippen LogP contribution in [0.2, 0.25) is 0 Å². The third-order valence-corrected chi connectivity index (χ3v) is 2.43. The lowest BCUT2D eigenvalue weighted by atomic mass is 9.81. The van der Waals surface area contributed by atoms with Gasteiger partial charge in [0.1, 0.15) is 0 Å². The van der Waals surface area contributed by atoms with Gasteiger partial charge in [-0.05, 0) is 31.6 Å². The minimum Gasteiger partial charge on any atom is -0.393 e. The highest BCUT2D eigenvalue weighted by molar-refractivity contribution is 4.94. The molecular weight excluding hydrogens is 124 g/mol. The third-order valence-electron chi connectivity index (χ3n) is 2.43. The van der Waals surface area contributed by atoms with E-state index in [1.807, 2.05) is 6.92 Å². The van der Waals surface area contributed by atoms with Crippen LogP contribution in [0.4, 0.5) is 0 Å². The molecule has 0 saturated heterocycles. The van der Waals surface area contributed by atoms with E-state index in [1.165, 1.54) is 0 Å². The van der Waals surface area contributed by atoms with Gasteiger partial charge >= 0.3 is 0 Å². The maximum Gasteiger partial charge on any atom is 0.0545 e. The van der Waals surface area contributed by atoms with Gasteiger partial charge in [0.05, 0.1) is 6.10 Å². The van der Waals surface area contributed by atoms with E-state index in [0.717, 1.165) is 12.8 Å². The van der Waals surface area contributed by atoms with Crippen LogP contribution in [0.3, 0.4) is 0 Å². The summed E-state index contributed by atoms with van der Waals surface area (Å²) in [6, 6.07) is 0. The van der Waals surface area contributed by atoms with E-state index in [4.69, 9.17) is 0 Å². The molecule has 10 heavy (non-hydrogen) atoms. The van der Waals surface area contributed by atoms with Crippen LogP contribution in [0.5, 0.6) is 0 Å². The van der Waals surface area contributed by atoms with Gasteiger partial charge in [-0.3, -0.25) is 0 Å². The summed E-state index contributed by atoms with van der Waals surface area (Å²) in [4.78, 5) is 0. The van der Waals surface area contributed by atoms with Gasteiger partial charge in [-0.1, -0.05) is 19.1 Å². The number of hydrogen-bond donors (Lipinski definition) is 1. The molecule has 1 aliphatic rings. The first kappa shape index (κ1) is 7.80. The summed E-state index contributed by atoms with van der Waals surface area (Å²) in [5, 5.41) is 9.31. The van der Waals surface area contributed by atoms with Crippen molar-refractivity contribution in [1.29, 1.82) is 0 Å². The molecule has 1 N–H and O–H groups in total. The van der Waals surface area contributed by atoms with Gasteiger partial charge in [0.25, 0.3) is 0 Å². The lowest BCUT2D eigenvalue weighted by Gasteiger charge is -2.27. The quantitative estimate of drug-likeness (QED) is 0.552. The summed E-state index contributed by atoms with van der Waals surface area (Å²) in [7, 11) is 0. The van der Waals surface area contributed by atoms with E-state index in [9.17, 15) is 5.11 Å². The summed E-state index contributed by atoms with van der Waals surface area (Å²) in [5.41, 5.74) is 0. The van der Waals surface area contributed by atoms with Crippen molar-refractivity contribution < 1.29 is 5.11 Å². The van der Waals surface area contributed by atoms with E-state index >= 15 is 0 Å². The van der Waals surface area contributed by atoms with Crippen molar-refractivity contribution in [1.82, 2.24) is 0 Å². The average molecular weight is 140 g/mol. The van der Waals surface area contributed by atoms with Crippen molar-refractivity contribution in [3.05, 3.63) is 12.2 Å². The van der Waals surface area contributed by atoms with Crippen molar-refractivity contribution in [2.75, 3.05) is 0 Å². The summed E-state index contributed by atoms with van der Waals surface area (Å²) >= 11 is 0. The predicted octanol–water partition coefficient (Wildman–Crippen LogP) is 1.97. The molecule has 1 aliphatic carbocycles. The minimum absolute atomic E-state index is 0.139. The normalized spacial score (nSPS) is 35.9. The summed E-state index contributed by atoms with van der Waals surface area (Å²) in [5.74, 6) is 1.15. The molecule has 0 aromatic rings. The van der Waals surface area contributed by atoms with E-state index in [1.54, 1.807) is 0 Å². The van der Waals surface area contributed by atoms with Crippen LogP contribution in [0.25, 0.3) is 0 Å². The van der Waals surface area contributed by atoms with E-state index in [2.05, 4.69) is 19.1 Å². The Morgan fingerprint density at radius 1 is 1.40 bits per heavy atom. The molecule has 3 unspecified atom stereocenters. The number of aliphatic hydroxyl groups excluding tert-OH is 1. The summed E-state index contributed by atoms with van der Waals surface area (Å²) in [6.45, 7) is 4.10. The molecule has 58 valence electrons. The molecule has 0 saturated carbocycles. The van der Waals surface area contributed by atoms with E-state index in [0.29, 0.717) is 11.8 Å². The first-order valence-electron chi connectivity index (χ1n) is 4.05. The van der Waals surface area contributed by atoms with E-state index in [-0.39, 0.29) is 6.10 Å². The van der Waals surface area contributed by atoms with Gasteiger partial charge in [0.2, 0.25) is 0 Å². The second-order valence-electron chi connectivity index (χ2n) is 3.32. The average Bonchev–Trinajstić information content (AvgIpc) is 1.88. The predicted molar refractivity (Wildman–Crippen MR) is 42.7 cm³/mol. The maximum atomic E-state index is 9.31. The van der Waals surface area contributed by atoms with Crippen LogP contribution in [0.1, 0.15) is 26.7 Å². The number of hydrogen-bond acceptors (Lipinski definition) is 1. The van der Waals surface area contributed by atoms with Crippen molar-refractivity contribution in [2.24, 2.45) is 11.8 Å². The van der Waals surface area contributed by atoms with Crippen LogP contribution in [0.15, 0.2) is 12.2 Å². The van der Waals surface area contributed by atoms with Crippen LogP contribution >= 0.6 is 0 Å². The van der Waals surface area contributed by atoms with Crippen molar-refractivity contribution >= 4 is 0 Å². The Balaban J connectivity index is 2.51. The number of allylic oxidation sites excluding steroid dienone is 2. The fourth-order valence-corrected chi connectivity index (χ4v) is 1.64. The van der Waals surface area contributed by atoms with Crippen LogP contribution in [-0.4, -0.2) is 11.2 Å². The Morgan fingerprint density at radius 2 is 2.00 bits per heavy atom. The molecular formula is C9H16O. The summed E-state index contributed by atoms with van der Waals surface area (Å²) < 4.78 is 0. The molecule has 0 aromatic carbocycles. The van der Waals surface area contributed by atoms with Gasteiger partial charge in [-0.15, -0.1) is 0 Å². The molecule has 3 atom stereocenters. The Hall–Kier alpha value is -0.300. The second kappa shape index (κ2) is 3.20. The highest BCUT2D eigenvalue weighted by Crippen LogP contribution is 2.27. The highest BCUT2D eigenvalue weighted by Gasteiger charge is 2.21. The zero-order valence-corrected chi connectivity index (χ0v) is 6.75. The fourth-order valence-electron chi connectivity index (χ4n) is 1.64. The summed E-state index contributed by atoms with van der Waals surface area (Å²) in [6.07, 6.45) is 6.44. The van der Waals surface area contributed by atoms with Gasteiger partial charge in [0.15, 0.2) is 0 Å². The Kier molecular flexibility index (Phi) is 2.50. The maximum absolute atomic E-state index is 9.31. The van der Waals surface area contributed by atoms with E-state index < -0.39 is 0 Å². The molecule has 0 bridgehead atoms. The van der Waals surface area contributed by atoms with Gasteiger partial charge in [-0.2, -0.15) is 0 Å². The van der Waals surface area contributed by atoms with Crippen molar-refractivity contribution in [3.8, 4) is 0 Å². The molecule has 1 rings (SSSR count). The third kappa shape index (κ3) is 1.60. The first-order chi connectivity index (χ1) is 4.72. The molecule has 0 aromatic heterocycles. The minimum atomic E-state index is -0.139. The van der Waals surface area contributed by atoms with Gasteiger partial charge in [-0.25, -0.2) is 0 Å². The monoisotopic (exact) mass is 140 g/mol. The standard InChI is InChI=1S/C9H16O/c1-7-5-3-4-6-9(7)8(2)10/h3-4,7-10H,5-6H2,1-2H3. The fraction of sp³-hybridized carbons (Fsp3) is 0.778. The molecule has 0 spiro atoms. The molecule has 0 radical (unpaired) electrons. The largest absolute Gasteiger partial charge is 0.393 e. The molecule has 1 nitrogen and oxygen atoms in total. The SMILES string of the molecule is CC(O)C1CC=CCC1C. The highest BCUT2D eigenvalue weighted by atomic mass is 16.3. The van der Waals surface area contributed by atoms with Crippen LogP contribution in [-0.2, 0) is 0 Å². The lowest BCUT2D eigenvalue weighted by molar-refractivity contribution is 0.0916. The van der Waals surface area contributed by atoms with Crippen LogP contribution in [0, 0.1) is 11.8 Å². The topological polar surface area (TPSA) is 20.2 Å². The number of aliphatic hydroxyl groups is 1. The molecule has 0 fully saturated rings. The molecule has 1 heteroatoms. The first-order valence-corrected chi connectivity index (χ1v) is 4.05. The van der Waals surface area contributed by atoms with Crippen LogP contribution < -0.4 is 0 Å². The zero-order valence-electron chi connectivity index (χ0n) is 6.75. The van der Waals surface area contributed by atoms with Crippen molar-refractivity contribution in [3.63, 3.8) is 0 Å². The smallest absolute Gasteiger partial charge is 0.0545 e. The van der Waals surface area contributed by atoms with Gasteiger partial charge in [0, 0.05) is 0 Å². The molecule has 0 amide bonds. The second-order valence-corrected chi connectivity index (χ2v) is 3.32. The van der Waals surface area contributed by atoms with Gasteiger partial charge < -0.3 is 5.11 Å². The molecule has 0 aliphatic heterocycles. The lowest BCUT2D eigenvalue weighted by Crippen LogP contribution is -2.24. The number of rotatable bonds is 1. The Labute approximate surface area is 62.8 Å². The Morgan fingerprint density at radius 3 is 2.40 bits per heavy atom. The Bertz CT molecular complexity index is 127. The molecule has 0 heterocycles. The zero-order chi connectivity index (χ0) is 7.56. The van der Waals surface area contributed by atoms with Crippen molar-refractivity contribution in [2.45, 2.75) is 32.8 Å².